The SMILES string of the molecule is C=C[C@H]1C[N@]2CC[C@H]1C[C@H]2[C@H](O)c1ccnc2ccccc12.N. The maximum Gasteiger partial charge on any atom is 0.0952 e. The minimum atomic E-state index is -0.443. The number of pyridine rings is 1. The van der Waals surface area contributed by atoms with Crippen LogP contribution in [0.4, 0.5) is 0 Å². The van der Waals surface area contributed by atoms with Crippen LogP contribution in [0.1, 0.15) is 24.5 Å². The van der Waals surface area contributed by atoms with Crippen LogP contribution in [0.15, 0.2) is 49.2 Å². The van der Waals surface area contributed by atoms with E-state index in [0.717, 1.165) is 36.0 Å². The maximum atomic E-state index is 11.0. The van der Waals surface area contributed by atoms with E-state index in [9.17, 15) is 5.11 Å². The molecule has 1 aromatic carbocycles. The molecule has 3 saturated heterocycles. The van der Waals surface area contributed by atoms with Crippen LogP contribution in [0.2, 0.25) is 0 Å². The Morgan fingerprint density at radius 1 is 1.30 bits per heavy atom. The Kier molecular flexibility index (Phi) is 4.48. The quantitative estimate of drug-likeness (QED) is 0.853. The first kappa shape index (κ1) is 16.1. The fraction of sp³-hybridized carbons (Fsp3) is 0.421. The molecule has 0 unspecified atom stereocenters. The summed E-state index contributed by atoms with van der Waals surface area (Å²) in [6.07, 6.45) is 5.76. The van der Waals surface area contributed by atoms with Gasteiger partial charge in [0.1, 0.15) is 0 Å². The summed E-state index contributed by atoms with van der Waals surface area (Å²) in [5, 5.41) is 12.1. The predicted octanol–water partition coefficient (Wildman–Crippen LogP) is 3.33. The second kappa shape index (κ2) is 6.40. The first-order valence-corrected chi connectivity index (χ1v) is 8.16. The van der Waals surface area contributed by atoms with E-state index in [4.69, 9.17) is 0 Å². The smallest absolute Gasteiger partial charge is 0.0952 e. The highest BCUT2D eigenvalue weighted by molar-refractivity contribution is 5.82. The lowest BCUT2D eigenvalue weighted by Gasteiger charge is -2.50. The number of nitrogens with zero attached hydrogens (tertiary/aromatic N) is 2. The zero-order chi connectivity index (χ0) is 15.1. The topological polar surface area (TPSA) is 71.4 Å². The third kappa shape index (κ3) is 2.67. The van der Waals surface area contributed by atoms with Crippen molar-refractivity contribution < 1.29 is 5.11 Å². The van der Waals surface area contributed by atoms with Crippen molar-refractivity contribution in [2.45, 2.75) is 25.0 Å². The van der Waals surface area contributed by atoms with Crippen LogP contribution in [0, 0.1) is 11.8 Å². The van der Waals surface area contributed by atoms with Crippen LogP contribution in [0.5, 0.6) is 0 Å². The summed E-state index contributed by atoms with van der Waals surface area (Å²) < 4.78 is 0. The van der Waals surface area contributed by atoms with Gasteiger partial charge in [-0.25, -0.2) is 0 Å². The molecular formula is C19H25N3O. The third-order valence-corrected chi connectivity index (χ3v) is 5.52. The highest BCUT2D eigenvalue weighted by atomic mass is 16.3. The van der Waals surface area contributed by atoms with Crippen molar-refractivity contribution in [1.82, 2.24) is 16.0 Å². The normalized spacial score (nSPS) is 30.7. The second-order valence-corrected chi connectivity index (χ2v) is 6.61. The van der Waals surface area contributed by atoms with E-state index in [2.05, 4.69) is 28.6 Å². The number of rotatable bonds is 3. The zero-order valence-corrected chi connectivity index (χ0v) is 13.4. The van der Waals surface area contributed by atoms with E-state index in [1.807, 2.05) is 30.5 Å². The average molecular weight is 311 g/mol. The highest BCUT2D eigenvalue weighted by Gasteiger charge is 2.42. The number of hydrogen-bond acceptors (Lipinski definition) is 4. The van der Waals surface area contributed by atoms with Gasteiger partial charge in [0.05, 0.1) is 11.6 Å². The molecule has 2 aromatic rings. The minimum absolute atomic E-state index is 0. The van der Waals surface area contributed by atoms with Gasteiger partial charge in [-0.1, -0.05) is 24.3 Å². The molecule has 3 fully saturated rings. The molecule has 0 amide bonds. The summed E-state index contributed by atoms with van der Waals surface area (Å²) in [5.74, 6) is 1.27. The molecule has 0 spiro atoms. The summed E-state index contributed by atoms with van der Waals surface area (Å²) in [5.41, 5.74) is 1.97. The fourth-order valence-electron chi connectivity index (χ4n) is 4.29. The Morgan fingerprint density at radius 3 is 2.87 bits per heavy atom. The molecule has 0 radical (unpaired) electrons. The fourth-order valence-corrected chi connectivity index (χ4v) is 4.29. The minimum Gasteiger partial charge on any atom is -0.387 e. The van der Waals surface area contributed by atoms with Crippen molar-refractivity contribution in [2.75, 3.05) is 13.1 Å². The van der Waals surface area contributed by atoms with Crippen LogP contribution >= 0.6 is 0 Å². The third-order valence-electron chi connectivity index (χ3n) is 5.52. The molecule has 5 atom stereocenters. The van der Waals surface area contributed by atoms with Gasteiger partial charge >= 0.3 is 0 Å². The van der Waals surface area contributed by atoms with Gasteiger partial charge in [0.2, 0.25) is 0 Å². The molecule has 4 N–H and O–H groups in total. The monoisotopic (exact) mass is 311 g/mol. The first-order chi connectivity index (χ1) is 10.8. The van der Waals surface area contributed by atoms with Crippen molar-refractivity contribution in [2.24, 2.45) is 11.8 Å². The zero-order valence-electron chi connectivity index (χ0n) is 13.4. The van der Waals surface area contributed by atoms with Gasteiger partial charge in [0.15, 0.2) is 0 Å². The highest BCUT2D eigenvalue weighted by Crippen LogP contribution is 2.41. The number of aliphatic hydroxyl groups is 1. The van der Waals surface area contributed by atoms with Crippen molar-refractivity contribution >= 4 is 10.9 Å². The molecule has 3 aliphatic heterocycles. The number of fused-ring (bicyclic) bond motifs is 4. The number of aromatic nitrogens is 1. The summed E-state index contributed by atoms with van der Waals surface area (Å²) >= 11 is 0. The van der Waals surface area contributed by atoms with Crippen molar-refractivity contribution in [3.63, 3.8) is 0 Å². The van der Waals surface area contributed by atoms with Gasteiger partial charge in [-0.05, 0) is 48.9 Å². The Bertz CT molecular complexity index is 697. The van der Waals surface area contributed by atoms with Crippen LogP contribution in [0.25, 0.3) is 10.9 Å². The average Bonchev–Trinajstić information content (AvgIpc) is 2.60. The molecule has 23 heavy (non-hydrogen) atoms. The van der Waals surface area contributed by atoms with Crippen molar-refractivity contribution in [3.8, 4) is 0 Å². The van der Waals surface area contributed by atoms with Gasteiger partial charge in [0, 0.05) is 24.2 Å². The lowest BCUT2D eigenvalue weighted by Crippen LogP contribution is -2.54. The molecule has 3 aliphatic rings. The number of benzene rings is 1. The van der Waals surface area contributed by atoms with E-state index in [0.29, 0.717) is 11.8 Å². The Hall–Kier alpha value is -1.75. The Morgan fingerprint density at radius 2 is 2.13 bits per heavy atom. The molecule has 4 heteroatoms. The van der Waals surface area contributed by atoms with E-state index in [-0.39, 0.29) is 12.2 Å². The Balaban J connectivity index is 0.00000156. The van der Waals surface area contributed by atoms with Crippen LogP contribution < -0.4 is 6.15 Å². The van der Waals surface area contributed by atoms with Gasteiger partial charge in [-0.15, -0.1) is 6.58 Å². The lowest BCUT2D eigenvalue weighted by molar-refractivity contribution is -0.0444. The molecular weight excluding hydrogens is 286 g/mol. The van der Waals surface area contributed by atoms with E-state index < -0.39 is 6.10 Å². The molecule has 1 aromatic heterocycles. The largest absolute Gasteiger partial charge is 0.387 e. The summed E-state index contributed by atoms with van der Waals surface area (Å²) in [6.45, 7) is 6.11. The summed E-state index contributed by atoms with van der Waals surface area (Å²) in [4.78, 5) is 6.86. The van der Waals surface area contributed by atoms with Crippen LogP contribution in [-0.2, 0) is 0 Å². The summed E-state index contributed by atoms with van der Waals surface area (Å²) in [6, 6.07) is 10.3. The molecule has 0 saturated carbocycles. The first-order valence-electron chi connectivity index (χ1n) is 8.16. The predicted molar refractivity (Wildman–Crippen MR) is 93.5 cm³/mol. The van der Waals surface area contributed by atoms with Crippen molar-refractivity contribution in [1.29, 1.82) is 0 Å². The maximum absolute atomic E-state index is 11.0. The van der Waals surface area contributed by atoms with E-state index >= 15 is 0 Å². The van der Waals surface area contributed by atoms with Gasteiger partial charge in [0.25, 0.3) is 0 Å². The molecule has 2 bridgehead atoms. The van der Waals surface area contributed by atoms with Crippen molar-refractivity contribution in [3.05, 3.63) is 54.7 Å². The van der Waals surface area contributed by atoms with Crippen LogP contribution in [0.3, 0.4) is 0 Å². The number of piperidine rings is 3. The summed E-state index contributed by atoms with van der Waals surface area (Å²) in [7, 11) is 0. The van der Waals surface area contributed by atoms with E-state index in [1.165, 1.54) is 6.42 Å². The molecule has 0 aliphatic carbocycles. The lowest BCUT2D eigenvalue weighted by atomic mass is 9.73. The van der Waals surface area contributed by atoms with E-state index in [1.54, 1.807) is 0 Å². The molecule has 122 valence electrons. The number of hydrogen-bond donors (Lipinski definition) is 2. The molecule has 5 rings (SSSR count). The molecule has 4 nitrogen and oxygen atoms in total. The second-order valence-electron chi connectivity index (χ2n) is 6.61. The number of para-hydroxylation sites is 1. The van der Waals surface area contributed by atoms with Gasteiger partial charge in [-0.3, -0.25) is 9.88 Å². The van der Waals surface area contributed by atoms with Gasteiger partial charge < -0.3 is 11.3 Å². The molecule has 4 heterocycles. The standard InChI is InChI=1S/C19H22N2O.H3N/c1-2-13-12-21-10-8-14(13)11-18(21)19(22)16-7-9-20-17-6-4-3-5-15(16)17;/h2-7,9,13-14,18-19,22H,1,8,10-12H2;1H3/t13-,14-,18-,19+;/m0./s1. The number of aliphatic hydroxyl groups excluding tert-OH is 1. The van der Waals surface area contributed by atoms with Crippen LogP contribution in [-0.4, -0.2) is 34.1 Å². The van der Waals surface area contributed by atoms with Gasteiger partial charge in [-0.2, -0.15) is 0 Å². The Labute approximate surface area is 137 Å².